The predicted molar refractivity (Wildman–Crippen MR) is 95.7 cm³/mol. The molecule has 4 heteroatoms. The van der Waals surface area contributed by atoms with Crippen LogP contribution in [0.25, 0.3) is 0 Å². The van der Waals surface area contributed by atoms with Gasteiger partial charge in [-0.05, 0) is 62.7 Å². The molecule has 0 aromatic carbocycles. The topological polar surface area (TPSA) is 30.7 Å². The van der Waals surface area contributed by atoms with E-state index in [0.29, 0.717) is 5.41 Å². The lowest BCUT2D eigenvalue weighted by Gasteiger charge is -2.56. The Bertz CT molecular complexity index is 516. The minimum absolute atomic E-state index is 0.373. The van der Waals surface area contributed by atoms with Crippen LogP contribution in [0.15, 0.2) is 5.16 Å². The average Bonchev–Trinajstić information content (AvgIpc) is 2.87. The monoisotopic (exact) mass is 333 g/mol. The maximum Gasteiger partial charge on any atom is 0.190 e. The van der Waals surface area contributed by atoms with E-state index in [4.69, 9.17) is 5.10 Å². The van der Waals surface area contributed by atoms with E-state index in [1.165, 1.54) is 75.8 Å². The van der Waals surface area contributed by atoms with Gasteiger partial charge in [0.2, 0.25) is 0 Å². The van der Waals surface area contributed by atoms with Crippen LogP contribution in [0, 0.1) is 17.8 Å². The molecule has 3 nitrogen and oxygen atoms in total. The van der Waals surface area contributed by atoms with Crippen molar-refractivity contribution < 1.29 is 0 Å². The van der Waals surface area contributed by atoms with E-state index in [2.05, 4.69) is 23.6 Å². The van der Waals surface area contributed by atoms with Crippen molar-refractivity contribution in [3.63, 3.8) is 0 Å². The number of nitrogens with zero attached hydrogens (tertiary/aromatic N) is 3. The molecule has 0 unspecified atom stereocenters. The minimum atomic E-state index is 0.373. The smallest absolute Gasteiger partial charge is 0.190 e. The largest absolute Gasteiger partial charge is 0.309 e. The normalized spacial score (nSPS) is 35.1. The van der Waals surface area contributed by atoms with Gasteiger partial charge in [0.1, 0.15) is 5.82 Å². The SMILES string of the molecule is CCCCCCSc1nnc(C23CC4CC(CC(C4)C2)C3)n1C. The molecule has 5 rings (SSSR count). The summed E-state index contributed by atoms with van der Waals surface area (Å²) >= 11 is 1.91. The third-order valence-corrected chi connectivity index (χ3v) is 7.68. The molecule has 4 bridgehead atoms. The third kappa shape index (κ3) is 2.96. The van der Waals surface area contributed by atoms with Gasteiger partial charge in [-0.1, -0.05) is 37.9 Å². The van der Waals surface area contributed by atoms with Gasteiger partial charge in [-0.2, -0.15) is 0 Å². The number of unbranched alkanes of at least 4 members (excludes halogenated alkanes) is 3. The molecule has 0 saturated heterocycles. The summed E-state index contributed by atoms with van der Waals surface area (Å²) in [6.07, 6.45) is 14.0. The maximum atomic E-state index is 4.71. The Kier molecular flexibility index (Phi) is 4.46. The molecule has 23 heavy (non-hydrogen) atoms. The van der Waals surface area contributed by atoms with Crippen molar-refractivity contribution in [3.8, 4) is 0 Å². The number of thioether (sulfide) groups is 1. The first-order chi connectivity index (χ1) is 11.2. The van der Waals surface area contributed by atoms with Gasteiger partial charge in [0.05, 0.1) is 0 Å². The highest BCUT2D eigenvalue weighted by atomic mass is 32.2. The van der Waals surface area contributed by atoms with Gasteiger partial charge < -0.3 is 4.57 Å². The molecule has 0 radical (unpaired) electrons. The van der Waals surface area contributed by atoms with Gasteiger partial charge in [-0.15, -0.1) is 10.2 Å². The second-order valence-electron chi connectivity index (χ2n) is 8.47. The summed E-state index contributed by atoms with van der Waals surface area (Å²) in [6.45, 7) is 2.27. The quantitative estimate of drug-likeness (QED) is 0.522. The van der Waals surface area contributed by atoms with E-state index in [-0.39, 0.29) is 0 Å². The van der Waals surface area contributed by atoms with Crippen molar-refractivity contribution in [2.75, 3.05) is 5.75 Å². The third-order valence-electron chi connectivity index (χ3n) is 6.58. The Morgan fingerprint density at radius 2 is 1.65 bits per heavy atom. The Morgan fingerprint density at radius 1 is 1.00 bits per heavy atom. The van der Waals surface area contributed by atoms with Gasteiger partial charge in [0.15, 0.2) is 5.16 Å². The standard InChI is InChI=1S/C19H31N3S/c1-3-4-5-6-7-23-18-21-20-17(22(18)2)19-11-14-8-15(12-19)10-16(9-14)13-19/h14-16H,3-13H2,1-2H3. The minimum Gasteiger partial charge on any atom is -0.309 e. The van der Waals surface area contributed by atoms with Crippen LogP contribution < -0.4 is 0 Å². The fourth-order valence-electron chi connectivity index (χ4n) is 5.98. The van der Waals surface area contributed by atoms with Gasteiger partial charge in [0.25, 0.3) is 0 Å². The summed E-state index contributed by atoms with van der Waals surface area (Å²) in [5.41, 5.74) is 0.373. The number of aromatic nitrogens is 3. The van der Waals surface area contributed by atoms with Gasteiger partial charge >= 0.3 is 0 Å². The van der Waals surface area contributed by atoms with Crippen LogP contribution in [0.1, 0.15) is 77.0 Å². The van der Waals surface area contributed by atoms with Crippen molar-refractivity contribution in [1.82, 2.24) is 14.8 Å². The van der Waals surface area contributed by atoms with E-state index < -0.39 is 0 Å². The fraction of sp³-hybridized carbons (Fsp3) is 0.895. The number of hydrogen-bond acceptors (Lipinski definition) is 3. The zero-order chi connectivity index (χ0) is 15.9. The zero-order valence-corrected chi connectivity index (χ0v) is 15.6. The lowest BCUT2D eigenvalue weighted by atomic mass is 9.49. The van der Waals surface area contributed by atoms with Crippen molar-refractivity contribution in [3.05, 3.63) is 5.82 Å². The Balaban J connectivity index is 1.45. The van der Waals surface area contributed by atoms with Crippen LogP contribution in [0.4, 0.5) is 0 Å². The second-order valence-corrected chi connectivity index (χ2v) is 9.53. The molecule has 0 amide bonds. The molecule has 4 fully saturated rings. The van der Waals surface area contributed by atoms with Crippen molar-refractivity contribution in [2.24, 2.45) is 24.8 Å². The number of hydrogen-bond donors (Lipinski definition) is 0. The summed E-state index contributed by atoms with van der Waals surface area (Å²) in [6, 6.07) is 0. The molecule has 128 valence electrons. The van der Waals surface area contributed by atoms with E-state index in [1.807, 2.05) is 11.8 Å². The molecule has 1 aromatic heterocycles. The second kappa shape index (κ2) is 6.42. The first kappa shape index (κ1) is 16.0. The van der Waals surface area contributed by atoms with Crippen LogP contribution >= 0.6 is 11.8 Å². The van der Waals surface area contributed by atoms with Gasteiger partial charge in [0, 0.05) is 18.2 Å². The Morgan fingerprint density at radius 3 is 2.26 bits per heavy atom. The molecular formula is C19H31N3S. The highest BCUT2D eigenvalue weighted by molar-refractivity contribution is 7.99. The molecular weight excluding hydrogens is 302 g/mol. The van der Waals surface area contributed by atoms with Crippen LogP contribution in [0.3, 0.4) is 0 Å². The molecule has 0 atom stereocenters. The highest BCUT2D eigenvalue weighted by Crippen LogP contribution is 2.60. The van der Waals surface area contributed by atoms with Gasteiger partial charge in [-0.3, -0.25) is 0 Å². The van der Waals surface area contributed by atoms with Crippen LogP contribution in [-0.2, 0) is 12.5 Å². The summed E-state index contributed by atoms with van der Waals surface area (Å²) in [4.78, 5) is 0. The van der Waals surface area contributed by atoms with Crippen LogP contribution in [-0.4, -0.2) is 20.5 Å². The molecule has 4 aliphatic rings. The molecule has 1 aromatic rings. The molecule has 0 aliphatic heterocycles. The van der Waals surface area contributed by atoms with Crippen molar-refractivity contribution >= 4 is 11.8 Å². The van der Waals surface area contributed by atoms with Crippen molar-refractivity contribution in [2.45, 2.75) is 81.7 Å². The van der Waals surface area contributed by atoms with Crippen LogP contribution in [0.5, 0.6) is 0 Å². The average molecular weight is 334 g/mol. The van der Waals surface area contributed by atoms with E-state index >= 15 is 0 Å². The molecule has 1 heterocycles. The summed E-state index contributed by atoms with van der Waals surface area (Å²) in [7, 11) is 2.21. The lowest BCUT2D eigenvalue weighted by Crippen LogP contribution is -2.49. The Labute approximate surface area is 145 Å². The van der Waals surface area contributed by atoms with E-state index in [0.717, 1.165) is 22.9 Å². The fourth-order valence-corrected chi connectivity index (χ4v) is 6.89. The summed E-state index contributed by atoms with van der Waals surface area (Å²) in [5, 5.41) is 10.4. The molecule has 0 spiro atoms. The predicted octanol–water partition coefficient (Wildman–Crippen LogP) is 4.96. The van der Waals surface area contributed by atoms with E-state index in [9.17, 15) is 0 Å². The number of rotatable bonds is 7. The Hall–Kier alpha value is -0.510. The maximum absolute atomic E-state index is 4.71. The lowest BCUT2D eigenvalue weighted by molar-refractivity contribution is -0.0109. The highest BCUT2D eigenvalue weighted by Gasteiger charge is 2.53. The first-order valence-electron chi connectivity index (χ1n) is 9.73. The van der Waals surface area contributed by atoms with Crippen molar-refractivity contribution in [1.29, 1.82) is 0 Å². The zero-order valence-electron chi connectivity index (χ0n) is 14.8. The summed E-state index contributed by atoms with van der Waals surface area (Å²) < 4.78 is 2.34. The molecule has 4 saturated carbocycles. The first-order valence-corrected chi connectivity index (χ1v) is 10.7. The molecule has 0 N–H and O–H groups in total. The van der Waals surface area contributed by atoms with Gasteiger partial charge in [-0.25, -0.2) is 0 Å². The summed E-state index contributed by atoms with van der Waals surface area (Å²) in [5.74, 6) is 5.43. The molecule has 4 aliphatic carbocycles. The van der Waals surface area contributed by atoms with E-state index in [1.54, 1.807) is 0 Å². The van der Waals surface area contributed by atoms with Crippen LogP contribution in [0.2, 0.25) is 0 Å².